The van der Waals surface area contributed by atoms with E-state index in [1.165, 1.54) is 19.2 Å². The lowest BCUT2D eigenvalue weighted by molar-refractivity contribution is 0.0670. The quantitative estimate of drug-likeness (QED) is 0.506. The van der Waals surface area contributed by atoms with Crippen molar-refractivity contribution in [3.05, 3.63) is 92.3 Å². The van der Waals surface area contributed by atoms with Gasteiger partial charge < -0.3 is 10.1 Å². The molecule has 33 heavy (non-hydrogen) atoms. The Labute approximate surface area is 186 Å². The van der Waals surface area contributed by atoms with Gasteiger partial charge in [-0.3, -0.25) is 13.9 Å². The van der Waals surface area contributed by atoms with Crippen LogP contribution in [-0.4, -0.2) is 35.7 Å². The summed E-state index contributed by atoms with van der Waals surface area (Å²) < 4.78 is 23.2. The largest absolute Gasteiger partial charge is 0.371 e. The lowest BCUT2D eigenvalue weighted by Crippen LogP contribution is -2.38. The van der Waals surface area contributed by atoms with Gasteiger partial charge in [0.05, 0.1) is 18.3 Å². The van der Waals surface area contributed by atoms with Gasteiger partial charge in [0.15, 0.2) is 5.82 Å². The Hall–Kier alpha value is -4.12. The maximum atomic E-state index is 13.4. The van der Waals surface area contributed by atoms with Crippen molar-refractivity contribution in [3.8, 4) is 5.69 Å². The molecule has 168 valence electrons. The predicted molar refractivity (Wildman–Crippen MR) is 117 cm³/mol. The number of aryl methyl sites for hydroxylation is 1. The minimum absolute atomic E-state index is 0.233. The average molecular weight is 449 g/mol. The first-order valence-corrected chi connectivity index (χ1v) is 10.2. The molecule has 5 rings (SSSR count). The van der Waals surface area contributed by atoms with Crippen LogP contribution in [0.2, 0.25) is 0 Å². The molecule has 1 unspecified atom stereocenters. The topological polar surface area (TPSA) is 109 Å². The summed E-state index contributed by atoms with van der Waals surface area (Å²) in [5, 5.41) is 15.8. The zero-order valence-corrected chi connectivity index (χ0v) is 17.9. The molecule has 1 atom stereocenters. The van der Waals surface area contributed by atoms with Crippen LogP contribution in [0.25, 0.3) is 5.69 Å². The fraction of sp³-hybridized carbons (Fsp3) is 0.227. The fourth-order valence-corrected chi connectivity index (χ4v) is 3.75. The van der Waals surface area contributed by atoms with Gasteiger partial charge in [0.2, 0.25) is 5.95 Å². The lowest BCUT2D eigenvalue weighted by atomic mass is 10.1. The Kier molecular flexibility index (Phi) is 5.09. The van der Waals surface area contributed by atoms with Crippen LogP contribution in [0.5, 0.6) is 0 Å². The highest BCUT2D eigenvalue weighted by atomic mass is 19.1. The lowest BCUT2D eigenvalue weighted by Gasteiger charge is -2.27. The summed E-state index contributed by atoms with van der Waals surface area (Å²) in [6, 6.07) is 11.3. The van der Waals surface area contributed by atoms with Crippen LogP contribution in [0.1, 0.15) is 23.0 Å². The second-order valence-corrected chi connectivity index (χ2v) is 7.75. The standard InChI is InChI=1S/C22H20FN7O3/c1-13-3-8-16(30-22(32)28(2)20(31)10-24-30)9-17(13)25-21-27-26-19-12-33-11-18(29(19)21)14-4-6-15(23)7-5-14/h3-10,18H,11-12H2,1-2H3,(H,25,27). The van der Waals surface area contributed by atoms with Gasteiger partial charge in [0, 0.05) is 12.7 Å². The molecule has 0 saturated carbocycles. The van der Waals surface area contributed by atoms with E-state index in [0.717, 1.165) is 26.6 Å². The summed E-state index contributed by atoms with van der Waals surface area (Å²) >= 11 is 0. The third-order valence-electron chi connectivity index (χ3n) is 5.63. The molecule has 0 spiro atoms. The smallest absolute Gasteiger partial charge is 0.351 e. The zero-order valence-electron chi connectivity index (χ0n) is 17.9. The highest BCUT2D eigenvalue weighted by Gasteiger charge is 2.27. The van der Waals surface area contributed by atoms with Crippen molar-refractivity contribution in [1.82, 2.24) is 29.1 Å². The number of hydrogen-bond acceptors (Lipinski definition) is 7. The molecule has 10 nitrogen and oxygen atoms in total. The minimum atomic E-state index is -0.550. The monoisotopic (exact) mass is 449 g/mol. The van der Waals surface area contributed by atoms with E-state index < -0.39 is 11.2 Å². The first-order chi connectivity index (χ1) is 15.9. The van der Waals surface area contributed by atoms with Gasteiger partial charge in [-0.15, -0.1) is 10.2 Å². The molecule has 2 aromatic heterocycles. The van der Waals surface area contributed by atoms with E-state index in [9.17, 15) is 14.0 Å². The molecular weight excluding hydrogens is 429 g/mol. The number of hydrogen-bond donors (Lipinski definition) is 1. The number of benzene rings is 2. The molecule has 0 fully saturated rings. The Morgan fingerprint density at radius 3 is 2.70 bits per heavy atom. The molecule has 4 aromatic rings. The molecule has 0 bridgehead atoms. The van der Waals surface area contributed by atoms with E-state index in [1.807, 2.05) is 17.6 Å². The fourth-order valence-electron chi connectivity index (χ4n) is 3.75. The van der Waals surface area contributed by atoms with Crippen LogP contribution in [0, 0.1) is 12.7 Å². The molecule has 0 saturated heterocycles. The number of nitrogens with one attached hydrogen (secondary N) is 1. The van der Waals surface area contributed by atoms with E-state index in [4.69, 9.17) is 4.74 Å². The number of aromatic nitrogens is 6. The van der Waals surface area contributed by atoms with E-state index in [-0.39, 0.29) is 11.9 Å². The highest BCUT2D eigenvalue weighted by Crippen LogP contribution is 2.31. The molecule has 0 amide bonds. The van der Waals surface area contributed by atoms with Crippen molar-refractivity contribution in [2.24, 2.45) is 7.05 Å². The molecule has 2 aromatic carbocycles. The third kappa shape index (κ3) is 3.72. The first-order valence-electron chi connectivity index (χ1n) is 10.2. The number of anilines is 2. The van der Waals surface area contributed by atoms with Gasteiger partial charge in [-0.25, -0.2) is 9.18 Å². The van der Waals surface area contributed by atoms with Crippen LogP contribution in [0.3, 0.4) is 0 Å². The molecule has 1 aliphatic heterocycles. The van der Waals surface area contributed by atoms with E-state index in [1.54, 1.807) is 24.3 Å². The van der Waals surface area contributed by atoms with Crippen molar-refractivity contribution in [1.29, 1.82) is 0 Å². The van der Waals surface area contributed by atoms with Gasteiger partial charge in [-0.05, 0) is 42.3 Å². The van der Waals surface area contributed by atoms with Crippen molar-refractivity contribution in [3.63, 3.8) is 0 Å². The summed E-state index contributed by atoms with van der Waals surface area (Å²) in [7, 11) is 1.40. The molecule has 1 aliphatic rings. The van der Waals surface area contributed by atoms with Crippen molar-refractivity contribution in [2.75, 3.05) is 11.9 Å². The Bertz CT molecular complexity index is 1460. The number of fused-ring (bicyclic) bond motifs is 1. The van der Waals surface area contributed by atoms with Crippen LogP contribution in [-0.2, 0) is 18.4 Å². The Balaban J connectivity index is 1.54. The molecule has 1 N–H and O–H groups in total. The number of nitrogens with zero attached hydrogens (tertiary/aromatic N) is 6. The Morgan fingerprint density at radius 2 is 1.91 bits per heavy atom. The van der Waals surface area contributed by atoms with Crippen molar-refractivity contribution < 1.29 is 9.13 Å². The first kappa shape index (κ1) is 20.8. The predicted octanol–water partition coefficient (Wildman–Crippen LogP) is 1.83. The van der Waals surface area contributed by atoms with Gasteiger partial charge in [-0.1, -0.05) is 18.2 Å². The Morgan fingerprint density at radius 1 is 1.12 bits per heavy atom. The summed E-state index contributed by atoms with van der Waals surface area (Å²) in [5.41, 5.74) is 1.91. The maximum Gasteiger partial charge on any atom is 0.351 e. The maximum absolute atomic E-state index is 13.4. The van der Waals surface area contributed by atoms with Gasteiger partial charge in [0.1, 0.15) is 18.6 Å². The average Bonchev–Trinajstić information content (AvgIpc) is 3.23. The number of halogens is 1. The molecular formula is C22H20FN7O3. The van der Waals surface area contributed by atoms with Gasteiger partial charge in [-0.2, -0.15) is 9.78 Å². The normalized spacial score (nSPS) is 15.3. The van der Waals surface area contributed by atoms with Crippen LogP contribution in [0.4, 0.5) is 16.0 Å². The number of ether oxygens (including phenoxy) is 1. The van der Waals surface area contributed by atoms with Crippen LogP contribution in [0.15, 0.2) is 58.3 Å². The molecule has 11 heteroatoms. The van der Waals surface area contributed by atoms with Gasteiger partial charge >= 0.3 is 5.69 Å². The zero-order chi connectivity index (χ0) is 23.1. The minimum Gasteiger partial charge on any atom is -0.371 e. The highest BCUT2D eigenvalue weighted by molar-refractivity contribution is 5.62. The third-order valence-corrected chi connectivity index (χ3v) is 5.63. The van der Waals surface area contributed by atoms with Crippen LogP contribution >= 0.6 is 0 Å². The van der Waals surface area contributed by atoms with Crippen molar-refractivity contribution >= 4 is 11.6 Å². The van der Waals surface area contributed by atoms with Gasteiger partial charge in [0.25, 0.3) is 5.56 Å². The second kappa shape index (κ2) is 8.10. The summed E-state index contributed by atoms with van der Waals surface area (Å²) in [6.07, 6.45) is 1.09. The van der Waals surface area contributed by atoms with E-state index in [2.05, 4.69) is 20.6 Å². The van der Waals surface area contributed by atoms with E-state index >= 15 is 0 Å². The molecule has 0 aliphatic carbocycles. The summed E-state index contributed by atoms with van der Waals surface area (Å²) in [5.74, 6) is 0.819. The second-order valence-electron chi connectivity index (χ2n) is 7.75. The van der Waals surface area contributed by atoms with E-state index in [0.29, 0.717) is 36.4 Å². The molecule has 0 radical (unpaired) electrons. The van der Waals surface area contributed by atoms with Crippen LogP contribution < -0.4 is 16.6 Å². The van der Waals surface area contributed by atoms with Crippen molar-refractivity contribution in [2.45, 2.75) is 19.6 Å². The SMILES string of the molecule is Cc1ccc(-n2ncc(=O)n(C)c2=O)cc1Nc1nnc2n1C(c1ccc(F)cc1)COC2. The summed E-state index contributed by atoms with van der Waals surface area (Å²) in [6.45, 7) is 2.61. The summed E-state index contributed by atoms with van der Waals surface area (Å²) in [4.78, 5) is 24.2. The molecule has 3 heterocycles. The number of rotatable bonds is 4.